The third-order valence-corrected chi connectivity index (χ3v) is 4.86. The van der Waals surface area contributed by atoms with Crippen LogP contribution < -0.4 is 10.2 Å². The second-order valence-electron chi connectivity index (χ2n) is 7.03. The Bertz CT molecular complexity index is 949. The first-order valence-corrected chi connectivity index (χ1v) is 9.20. The summed E-state index contributed by atoms with van der Waals surface area (Å²) in [6.45, 7) is 5.03. The molecule has 1 aliphatic heterocycles. The Labute approximate surface area is 159 Å². The second kappa shape index (κ2) is 7.19. The van der Waals surface area contributed by atoms with E-state index in [9.17, 15) is 4.79 Å². The molecule has 0 aliphatic carbocycles. The SMILES string of the molecule is CC(C)c1ccc(Nc2ncc(C(=O)N3CCc4ccccc43)cn2)cc1. The molecule has 3 aromatic rings. The standard InChI is InChI=1S/C22H22N4O/c1-15(2)16-7-9-19(10-8-16)25-22-23-13-18(14-24-22)21(27)26-12-11-17-5-3-4-6-20(17)26/h3-10,13-15H,11-12H2,1-2H3,(H,23,24,25). The summed E-state index contributed by atoms with van der Waals surface area (Å²) in [7, 11) is 0. The highest BCUT2D eigenvalue weighted by molar-refractivity contribution is 6.07. The molecule has 0 fully saturated rings. The van der Waals surface area contributed by atoms with Gasteiger partial charge in [0.2, 0.25) is 5.95 Å². The number of nitrogens with one attached hydrogen (secondary N) is 1. The maximum absolute atomic E-state index is 12.8. The van der Waals surface area contributed by atoms with Crippen LogP contribution in [0.25, 0.3) is 0 Å². The molecule has 1 aliphatic rings. The quantitative estimate of drug-likeness (QED) is 0.743. The van der Waals surface area contributed by atoms with Crippen LogP contribution in [0.5, 0.6) is 0 Å². The Kier molecular flexibility index (Phi) is 4.59. The highest BCUT2D eigenvalue weighted by Gasteiger charge is 2.25. The summed E-state index contributed by atoms with van der Waals surface area (Å²) in [5.41, 5.74) is 4.89. The molecule has 1 amide bonds. The highest BCUT2D eigenvalue weighted by atomic mass is 16.2. The number of hydrogen-bond donors (Lipinski definition) is 1. The van der Waals surface area contributed by atoms with Gasteiger partial charge in [0.15, 0.2) is 0 Å². The van der Waals surface area contributed by atoms with Gasteiger partial charge in [0, 0.05) is 30.3 Å². The summed E-state index contributed by atoms with van der Waals surface area (Å²) in [5.74, 6) is 0.912. The average Bonchev–Trinajstić information content (AvgIpc) is 3.12. The van der Waals surface area contributed by atoms with Gasteiger partial charge in [0.05, 0.1) is 5.56 Å². The Morgan fingerprint density at radius 1 is 1.04 bits per heavy atom. The average molecular weight is 358 g/mol. The van der Waals surface area contributed by atoms with E-state index in [1.807, 2.05) is 30.3 Å². The van der Waals surface area contributed by atoms with E-state index in [2.05, 4.69) is 47.3 Å². The number of anilines is 3. The van der Waals surface area contributed by atoms with E-state index < -0.39 is 0 Å². The molecule has 2 aromatic carbocycles. The summed E-state index contributed by atoms with van der Waals surface area (Å²) < 4.78 is 0. The summed E-state index contributed by atoms with van der Waals surface area (Å²) in [5, 5.41) is 3.17. The maximum Gasteiger partial charge on any atom is 0.261 e. The van der Waals surface area contributed by atoms with Crippen molar-refractivity contribution in [2.75, 3.05) is 16.8 Å². The van der Waals surface area contributed by atoms with Gasteiger partial charge in [-0.15, -0.1) is 0 Å². The van der Waals surface area contributed by atoms with Crippen molar-refractivity contribution in [3.8, 4) is 0 Å². The summed E-state index contributed by atoms with van der Waals surface area (Å²) in [4.78, 5) is 23.2. The van der Waals surface area contributed by atoms with Gasteiger partial charge in [-0.25, -0.2) is 9.97 Å². The molecule has 2 heterocycles. The van der Waals surface area contributed by atoms with Gasteiger partial charge in [-0.2, -0.15) is 0 Å². The third-order valence-electron chi connectivity index (χ3n) is 4.86. The summed E-state index contributed by atoms with van der Waals surface area (Å²) >= 11 is 0. The Morgan fingerprint density at radius 2 is 1.74 bits per heavy atom. The molecule has 0 bridgehead atoms. The number of benzene rings is 2. The number of aromatic nitrogens is 2. The summed E-state index contributed by atoms with van der Waals surface area (Å²) in [6.07, 6.45) is 4.05. The van der Waals surface area contributed by atoms with Gasteiger partial charge in [-0.3, -0.25) is 4.79 Å². The van der Waals surface area contributed by atoms with Gasteiger partial charge in [0.1, 0.15) is 0 Å². The molecule has 0 radical (unpaired) electrons. The molecule has 0 saturated heterocycles. The van der Waals surface area contributed by atoms with Crippen molar-refractivity contribution in [1.29, 1.82) is 0 Å². The third kappa shape index (κ3) is 3.53. The number of carbonyl (C=O) groups is 1. The lowest BCUT2D eigenvalue weighted by Gasteiger charge is -2.17. The molecule has 0 atom stereocenters. The van der Waals surface area contributed by atoms with Gasteiger partial charge >= 0.3 is 0 Å². The van der Waals surface area contributed by atoms with Crippen LogP contribution in [0.3, 0.4) is 0 Å². The number of carbonyl (C=O) groups excluding carboxylic acids is 1. The van der Waals surface area contributed by atoms with Crippen molar-refractivity contribution in [2.45, 2.75) is 26.2 Å². The van der Waals surface area contributed by atoms with Gasteiger partial charge < -0.3 is 10.2 Å². The molecule has 1 N–H and O–H groups in total. The number of fused-ring (bicyclic) bond motifs is 1. The largest absolute Gasteiger partial charge is 0.324 e. The zero-order valence-corrected chi connectivity index (χ0v) is 15.5. The van der Waals surface area contributed by atoms with E-state index in [0.717, 1.165) is 17.8 Å². The van der Waals surface area contributed by atoms with E-state index in [0.29, 0.717) is 24.0 Å². The Hall–Kier alpha value is -3.21. The van der Waals surface area contributed by atoms with E-state index in [4.69, 9.17) is 0 Å². The Morgan fingerprint density at radius 3 is 2.44 bits per heavy atom. The fourth-order valence-electron chi connectivity index (χ4n) is 3.29. The summed E-state index contributed by atoms with van der Waals surface area (Å²) in [6, 6.07) is 16.2. The number of amides is 1. The van der Waals surface area contributed by atoms with Crippen LogP contribution in [-0.2, 0) is 6.42 Å². The number of para-hydroxylation sites is 1. The number of nitrogens with zero attached hydrogens (tertiary/aromatic N) is 3. The van der Waals surface area contributed by atoms with Crippen molar-refractivity contribution in [2.24, 2.45) is 0 Å². The molecular weight excluding hydrogens is 336 g/mol. The highest BCUT2D eigenvalue weighted by Crippen LogP contribution is 2.28. The fourth-order valence-corrected chi connectivity index (χ4v) is 3.29. The second-order valence-corrected chi connectivity index (χ2v) is 7.03. The molecule has 27 heavy (non-hydrogen) atoms. The normalized spacial score (nSPS) is 12.9. The van der Waals surface area contributed by atoms with E-state index in [1.54, 1.807) is 17.3 Å². The molecule has 136 valence electrons. The zero-order valence-electron chi connectivity index (χ0n) is 15.5. The van der Waals surface area contributed by atoms with Crippen LogP contribution in [0.4, 0.5) is 17.3 Å². The lowest BCUT2D eigenvalue weighted by atomic mass is 10.0. The van der Waals surface area contributed by atoms with E-state index >= 15 is 0 Å². The van der Waals surface area contributed by atoms with Gasteiger partial charge in [0.25, 0.3) is 5.91 Å². The van der Waals surface area contributed by atoms with Gasteiger partial charge in [-0.1, -0.05) is 44.2 Å². The minimum atomic E-state index is -0.0622. The van der Waals surface area contributed by atoms with E-state index in [1.165, 1.54) is 11.1 Å². The van der Waals surface area contributed by atoms with Crippen molar-refractivity contribution >= 4 is 23.2 Å². The van der Waals surface area contributed by atoms with Gasteiger partial charge in [-0.05, 0) is 41.7 Å². The van der Waals surface area contributed by atoms with Crippen LogP contribution in [0.1, 0.15) is 41.3 Å². The minimum Gasteiger partial charge on any atom is -0.324 e. The van der Waals surface area contributed by atoms with Crippen molar-refractivity contribution in [3.63, 3.8) is 0 Å². The van der Waals surface area contributed by atoms with Crippen LogP contribution in [0.15, 0.2) is 60.9 Å². The van der Waals surface area contributed by atoms with Crippen LogP contribution in [0.2, 0.25) is 0 Å². The molecule has 5 nitrogen and oxygen atoms in total. The molecule has 4 rings (SSSR count). The van der Waals surface area contributed by atoms with Crippen LogP contribution >= 0.6 is 0 Å². The molecule has 5 heteroatoms. The van der Waals surface area contributed by atoms with Crippen LogP contribution in [0, 0.1) is 0 Å². The predicted octanol–water partition coefficient (Wildman–Crippen LogP) is 4.55. The first-order valence-electron chi connectivity index (χ1n) is 9.20. The number of rotatable bonds is 4. The predicted molar refractivity (Wildman–Crippen MR) is 108 cm³/mol. The topological polar surface area (TPSA) is 58.1 Å². The van der Waals surface area contributed by atoms with E-state index in [-0.39, 0.29) is 5.91 Å². The molecular formula is C22H22N4O. The molecule has 0 unspecified atom stereocenters. The smallest absolute Gasteiger partial charge is 0.261 e. The monoisotopic (exact) mass is 358 g/mol. The van der Waals surface area contributed by atoms with Crippen LogP contribution in [-0.4, -0.2) is 22.4 Å². The fraction of sp³-hybridized carbons (Fsp3) is 0.227. The molecule has 0 spiro atoms. The van der Waals surface area contributed by atoms with Crippen molar-refractivity contribution < 1.29 is 4.79 Å². The number of hydrogen-bond acceptors (Lipinski definition) is 4. The van der Waals surface area contributed by atoms with Crippen molar-refractivity contribution in [1.82, 2.24) is 9.97 Å². The lowest BCUT2D eigenvalue weighted by Crippen LogP contribution is -2.29. The van der Waals surface area contributed by atoms with Crippen molar-refractivity contribution in [3.05, 3.63) is 77.6 Å². The zero-order chi connectivity index (χ0) is 18.8. The lowest BCUT2D eigenvalue weighted by molar-refractivity contribution is 0.0988. The minimum absolute atomic E-state index is 0.0622. The maximum atomic E-state index is 12.8. The first-order chi connectivity index (χ1) is 13.1. The molecule has 0 saturated carbocycles. The Balaban J connectivity index is 1.47. The molecule has 1 aromatic heterocycles. The first kappa shape index (κ1) is 17.2.